The summed E-state index contributed by atoms with van der Waals surface area (Å²) >= 11 is 1.82. The van der Waals surface area contributed by atoms with E-state index in [0.29, 0.717) is 0 Å². The maximum absolute atomic E-state index is 4.62. The Morgan fingerprint density at radius 1 is 1.36 bits per heavy atom. The van der Waals surface area contributed by atoms with Crippen molar-refractivity contribution in [2.45, 2.75) is 52.1 Å². The van der Waals surface area contributed by atoms with Crippen LogP contribution in [0.2, 0.25) is 0 Å². The van der Waals surface area contributed by atoms with Gasteiger partial charge in [0, 0.05) is 10.9 Å². The molecule has 1 fully saturated rings. The molecule has 1 aromatic heterocycles. The summed E-state index contributed by atoms with van der Waals surface area (Å²) in [6, 6.07) is 0.731. The molecule has 0 aromatic carbocycles. The maximum atomic E-state index is 4.62. The van der Waals surface area contributed by atoms with E-state index in [0.717, 1.165) is 6.04 Å². The summed E-state index contributed by atoms with van der Waals surface area (Å²) in [5.41, 5.74) is 1.22. The van der Waals surface area contributed by atoms with Crippen molar-refractivity contribution < 1.29 is 0 Å². The zero-order valence-electron chi connectivity index (χ0n) is 9.35. The van der Waals surface area contributed by atoms with Crippen molar-refractivity contribution in [2.75, 3.05) is 0 Å². The lowest BCUT2D eigenvalue weighted by Gasteiger charge is -2.23. The van der Waals surface area contributed by atoms with E-state index in [9.17, 15) is 0 Å². The molecule has 1 aromatic rings. The number of nitrogens with zero attached hydrogens (tertiary/aromatic N) is 1. The largest absolute Gasteiger partial charge is 0.303 e. The molecule has 1 heterocycles. The first-order valence-corrected chi connectivity index (χ1v) is 6.03. The van der Waals surface area contributed by atoms with E-state index in [1.54, 1.807) is 0 Å². The van der Waals surface area contributed by atoms with Crippen LogP contribution in [-0.4, -0.2) is 11.0 Å². The first kappa shape index (κ1) is 10.1. The quantitative estimate of drug-likeness (QED) is 0.829. The molecule has 2 rings (SSSR count). The van der Waals surface area contributed by atoms with Gasteiger partial charge < -0.3 is 5.32 Å². The summed E-state index contributed by atoms with van der Waals surface area (Å²) in [7, 11) is 0. The predicted octanol–water partition coefficient (Wildman–Crippen LogP) is 2.75. The maximum Gasteiger partial charge on any atom is 0.113 e. The van der Waals surface area contributed by atoms with Crippen molar-refractivity contribution in [1.29, 1.82) is 0 Å². The van der Waals surface area contributed by atoms with E-state index in [1.165, 1.54) is 28.4 Å². The third-order valence-corrected chi connectivity index (χ3v) is 4.10. The summed E-state index contributed by atoms with van der Waals surface area (Å²) in [5, 5.41) is 4.86. The normalized spacial score (nSPS) is 17.4. The van der Waals surface area contributed by atoms with Crippen LogP contribution in [0.25, 0.3) is 0 Å². The van der Waals surface area contributed by atoms with Gasteiger partial charge in [-0.3, -0.25) is 0 Å². The molecular weight excluding hydrogens is 192 g/mol. The molecule has 3 heteroatoms. The average molecular weight is 210 g/mol. The molecule has 14 heavy (non-hydrogen) atoms. The smallest absolute Gasteiger partial charge is 0.113 e. The molecule has 1 saturated carbocycles. The Hall–Kier alpha value is -0.410. The van der Waals surface area contributed by atoms with Crippen LogP contribution in [-0.2, 0) is 5.54 Å². The van der Waals surface area contributed by atoms with E-state index < -0.39 is 0 Å². The van der Waals surface area contributed by atoms with Gasteiger partial charge in [-0.15, -0.1) is 11.3 Å². The number of nitrogens with one attached hydrogen (secondary N) is 1. The molecule has 0 bridgehead atoms. The lowest BCUT2D eigenvalue weighted by molar-refractivity contribution is 0.397. The Labute approximate surface area is 89.8 Å². The molecule has 1 aliphatic rings. The number of hydrogen-bond acceptors (Lipinski definition) is 3. The van der Waals surface area contributed by atoms with Crippen LogP contribution in [0.15, 0.2) is 0 Å². The molecule has 2 nitrogen and oxygen atoms in total. The summed E-state index contributed by atoms with van der Waals surface area (Å²) in [6.07, 6.45) is 2.65. The van der Waals surface area contributed by atoms with Crippen molar-refractivity contribution in [1.82, 2.24) is 10.3 Å². The first-order valence-electron chi connectivity index (χ1n) is 5.21. The van der Waals surface area contributed by atoms with E-state index in [1.807, 2.05) is 11.3 Å². The molecule has 0 unspecified atom stereocenters. The van der Waals surface area contributed by atoms with Crippen LogP contribution in [0.4, 0.5) is 0 Å². The lowest BCUT2D eigenvalue weighted by atomic mass is 10.1. The standard InChI is InChI=1S/C11H18N2S/c1-7-8(2)14-10(12-7)11(3,4)13-9-5-6-9/h9,13H,5-6H2,1-4H3. The Balaban J connectivity index is 2.18. The SMILES string of the molecule is Cc1nc(C(C)(C)NC2CC2)sc1C. The summed E-state index contributed by atoms with van der Waals surface area (Å²) in [6.45, 7) is 8.68. The van der Waals surface area contributed by atoms with Crippen LogP contribution in [0, 0.1) is 13.8 Å². The molecule has 0 saturated heterocycles. The fourth-order valence-corrected chi connectivity index (χ4v) is 2.52. The van der Waals surface area contributed by atoms with Gasteiger partial charge in [0.2, 0.25) is 0 Å². The molecule has 0 amide bonds. The Morgan fingerprint density at radius 2 is 2.00 bits per heavy atom. The Kier molecular flexibility index (Phi) is 2.40. The topological polar surface area (TPSA) is 24.9 Å². The van der Waals surface area contributed by atoms with Gasteiger partial charge in [-0.25, -0.2) is 4.98 Å². The van der Waals surface area contributed by atoms with Gasteiger partial charge in [0.1, 0.15) is 5.01 Å². The molecule has 1 aliphatic carbocycles. The molecule has 0 spiro atoms. The molecular formula is C11H18N2S. The van der Waals surface area contributed by atoms with Crippen molar-refractivity contribution >= 4 is 11.3 Å². The second-order valence-electron chi connectivity index (χ2n) is 4.70. The van der Waals surface area contributed by atoms with E-state index >= 15 is 0 Å². The average Bonchev–Trinajstić information content (AvgIpc) is 2.79. The highest BCUT2D eigenvalue weighted by molar-refractivity contribution is 7.11. The monoisotopic (exact) mass is 210 g/mol. The van der Waals surface area contributed by atoms with Crippen LogP contribution < -0.4 is 5.32 Å². The van der Waals surface area contributed by atoms with Crippen LogP contribution in [0.3, 0.4) is 0 Å². The summed E-state index contributed by atoms with van der Waals surface area (Å²) in [4.78, 5) is 5.96. The third kappa shape index (κ3) is 1.98. The van der Waals surface area contributed by atoms with Crippen molar-refractivity contribution in [3.05, 3.63) is 15.6 Å². The van der Waals surface area contributed by atoms with Gasteiger partial charge in [0.25, 0.3) is 0 Å². The first-order chi connectivity index (χ1) is 6.49. The van der Waals surface area contributed by atoms with Gasteiger partial charge in [0.05, 0.1) is 11.2 Å². The fourth-order valence-electron chi connectivity index (χ4n) is 1.54. The zero-order valence-corrected chi connectivity index (χ0v) is 10.2. The van der Waals surface area contributed by atoms with Gasteiger partial charge in [-0.1, -0.05) is 0 Å². The van der Waals surface area contributed by atoms with Gasteiger partial charge in [-0.05, 0) is 40.5 Å². The highest BCUT2D eigenvalue weighted by atomic mass is 32.1. The zero-order chi connectivity index (χ0) is 10.3. The van der Waals surface area contributed by atoms with Crippen molar-refractivity contribution in [3.8, 4) is 0 Å². The third-order valence-electron chi connectivity index (χ3n) is 2.71. The molecule has 78 valence electrons. The Morgan fingerprint density at radius 3 is 2.43 bits per heavy atom. The minimum atomic E-state index is 0.0465. The highest BCUT2D eigenvalue weighted by Crippen LogP contribution is 2.31. The minimum Gasteiger partial charge on any atom is -0.303 e. The van der Waals surface area contributed by atoms with Crippen molar-refractivity contribution in [3.63, 3.8) is 0 Å². The van der Waals surface area contributed by atoms with Crippen LogP contribution in [0.1, 0.15) is 42.3 Å². The molecule has 0 atom stereocenters. The fraction of sp³-hybridized carbons (Fsp3) is 0.727. The second kappa shape index (κ2) is 3.31. The van der Waals surface area contributed by atoms with E-state index in [2.05, 4.69) is 38.0 Å². The van der Waals surface area contributed by atoms with E-state index in [4.69, 9.17) is 0 Å². The lowest BCUT2D eigenvalue weighted by Crippen LogP contribution is -2.37. The van der Waals surface area contributed by atoms with Gasteiger partial charge in [0.15, 0.2) is 0 Å². The van der Waals surface area contributed by atoms with Crippen LogP contribution in [0.5, 0.6) is 0 Å². The molecule has 0 aliphatic heterocycles. The number of rotatable bonds is 3. The number of hydrogen-bond donors (Lipinski definition) is 1. The van der Waals surface area contributed by atoms with Gasteiger partial charge in [-0.2, -0.15) is 0 Å². The number of thiazole rings is 1. The van der Waals surface area contributed by atoms with Crippen LogP contribution >= 0.6 is 11.3 Å². The van der Waals surface area contributed by atoms with Crippen molar-refractivity contribution in [2.24, 2.45) is 0 Å². The van der Waals surface area contributed by atoms with Gasteiger partial charge >= 0.3 is 0 Å². The molecule has 1 N–H and O–H groups in total. The van der Waals surface area contributed by atoms with E-state index in [-0.39, 0.29) is 5.54 Å². The second-order valence-corrected chi connectivity index (χ2v) is 5.91. The minimum absolute atomic E-state index is 0.0465. The number of aromatic nitrogens is 1. The number of aryl methyl sites for hydroxylation is 2. The Bertz CT molecular complexity index is 318. The molecule has 0 radical (unpaired) electrons. The highest BCUT2D eigenvalue weighted by Gasteiger charge is 2.32. The summed E-state index contributed by atoms with van der Waals surface area (Å²) in [5.74, 6) is 0. The summed E-state index contributed by atoms with van der Waals surface area (Å²) < 4.78 is 0. The predicted molar refractivity (Wildman–Crippen MR) is 60.8 cm³/mol.